The standard InChI is InChI=1S/C13H11BrIN5O/c1-2-21-11-7(3-6(14)4-9(11)15)10-8(5-16)12(17)20-13(18)19-10/h3-4H,2H2,1H3,(H4,17,18,19,20). The molecule has 1 aromatic heterocycles. The summed E-state index contributed by atoms with van der Waals surface area (Å²) >= 11 is 5.59. The highest BCUT2D eigenvalue weighted by Crippen LogP contribution is 2.38. The quantitative estimate of drug-likeness (QED) is 0.682. The molecule has 2 aromatic rings. The number of ether oxygens (including phenoxy) is 1. The number of hydrogen-bond donors (Lipinski definition) is 2. The number of nitriles is 1. The van der Waals surface area contributed by atoms with Gasteiger partial charge in [-0.1, -0.05) is 15.9 Å². The van der Waals surface area contributed by atoms with E-state index in [1.807, 2.05) is 25.1 Å². The molecular weight excluding hydrogens is 449 g/mol. The fraction of sp³-hybridized carbons (Fsp3) is 0.154. The summed E-state index contributed by atoms with van der Waals surface area (Å²) in [6.07, 6.45) is 0. The van der Waals surface area contributed by atoms with Crippen molar-refractivity contribution in [1.82, 2.24) is 9.97 Å². The van der Waals surface area contributed by atoms with Crippen molar-refractivity contribution in [2.45, 2.75) is 6.92 Å². The second kappa shape index (κ2) is 6.44. The van der Waals surface area contributed by atoms with Crippen LogP contribution in [0.1, 0.15) is 12.5 Å². The van der Waals surface area contributed by atoms with Crippen LogP contribution in [-0.4, -0.2) is 16.6 Å². The van der Waals surface area contributed by atoms with Crippen LogP contribution in [0.25, 0.3) is 11.3 Å². The first kappa shape index (κ1) is 15.8. The van der Waals surface area contributed by atoms with Gasteiger partial charge in [0.05, 0.1) is 15.9 Å². The molecule has 2 rings (SSSR count). The maximum Gasteiger partial charge on any atom is 0.222 e. The molecule has 0 saturated carbocycles. The Kier molecular flexibility index (Phi) is 4.84. The first-order chi connectivity index (χ1) is 9.97. The molecule has 0 spiro atoms. The third kappa shape index (κ3) is 3.19. The van der Waals surface area contributed by atoms with Crippen molar-refractivity contribution in [3.8, 4) is 23.1 Å². The molecule has 1 aromatic carbocycles. The highest BCUT2D eigenvalue weighted by molar-refractivity contribution is 14.1. The molecule has 108 valence electrons. The molecule has 0 atom stereocenters. The van der Waals surface area contributed by atoms with Crippen LogP contribution in [0.2, 0.25) is 0 Å². The predicted octanol–water partition coefficient (Wildman–Crippen LogP) is 2.95. The summed E-state index contributed by atoms with van der Waals surface area (Å²) in [5, 5.41) is 9.31. The van der Waals surface area contributed by atoms with Gasteiger partial charge in [-0.15, -0.1) is 0 Å². The Bertz CT molecular complexity index is 744. The van der Waals surface area contributed by atoms with Gasteiger partial charge in [0.1, 0.15) is 23.2 Å². The first-order valence-corrected chi connectivity index (χ1v) is 7.80. The lowest BCUT2D eigenvalue weighted by molar-refractivity contribution is 0.339. The summed E-state index contributed by atoms with van der Waals surface area (Å²) in [6.45, 7) is 2.37. The van der Waals surface area contributed by atoms with Crippen molar-refractivity contribution in [3.05, 3.63) is 25.7 Å². The van der Waals surface area contributed by atoms with Crippen LogP contribution in [0.5, 0.6) is 5.75 Å². The fourth-order valence-electron chi connectivity index (χ4n) is 1.83. The molecule has 8 heteroatoms. The summed E-state index contributed by atoms with van der Waals surface area (Å²) in [4.78, 5) is 7.98. The monoisotopic (exact) mass is 459 g/mol. The smallest absolute Gasteiger partial charge is 0.222 e. The second-order valence-corrected chi connectivity index (χ2v) is 6.08. The first-order valence-electron chi connectivity index (χ1n) is 5.93. The molecule has 1 heterocycles. The summed E-state index contributed by atoms with van der Waals surface area (Å²) < 4.78 is 7.40. The van der Waals surface area contributed by atoms with Gasteiger partial charge in [0.15, 0.2) is 0 Å². The fourth-order valence-corrected chi connectivity index (χ4v) is 3.50. The molecule has 0 radical (unpaired) electrons. The Hall–Kier alpha value is -1.60. The van der Waals surface area contributed by atoms with Gasteiger partial charge in [0.25, 0.3) is 0 Å². The largest absolute Gasteiger partial charge is 0.492 e. The van der Waals surface area contributed by atoms with E-state index in [4.69, 9.17) is 16.2 Å². The van der Waals surface area contributed by atoms with E-state index in [2.05, 4.69) is 48.5 Å². The number of nitrogens with zero attached hydrogens (tertiary/aromatic N) is 3. The zero-order valence-corrected chi connectivity index (χ0v) is 14.8. The van der Waals surface area contributed by atoms with Crippen LogP contribution in [0, 0.1) is 14.9 Å². The van der Waals surface area contributed by atoms with Crippen LogP contribution >= 0.6 is 38.5 Å². The third-order valence-electron chi connectivity index (χ3n) is 2.62. The minimum Gasteiger partial charge on any atom is -0.492 e. The molecule has 0 saturated heterocycles. The van der Waals surface area contributed by atoms with Crippen molar-refractivity contribution in [3.63, 3.8) is 0 Å². The molecule has 21 heavy (non-hydrogen) atoms. The number of nitrogens with two attached hydrogens (primary N) is 2. The zero-order chi connectivity index (χ0) is 15.6. The number of rotatable bonds is 3. The van der Waals surface area contributed by atoms with Crippen LogP contribution in [0.3, 0.4) is 0 Å². The molecule has 6 nitrogen and oxygen atoms in total. The summed E-state index contributed by atoms with van der Waals surface area (Å²) in [5.41, 5.74) is 12.6. The molecule has 0 fully saturated rings. The molecule has 0 unspecified atom stereocenters. The van der Waals surface area contributed by atoms with Crippen molar-refractivity contribution in [2.24, 2.45) is 0 Å². The van der Waals surface area contributed by atoms with Crippen molar-refractivity contribution < 1.29 is 4.74 Å². The Morgan fingerprint density at radius 2 is 2.10 bits per heavy atom. The van der Waals surface area contributed by atoms with Gasteiger partial charge in [-0.2, -0.15) is 10.2 Å². The second-order valence-electron chi connectivity index (χ2n) is 4.00. The average Bonchev–Trinajstić information content (AvgIpc) is 2.40. The van der Waals surface area contributed by atoms with E-state index in [0.717, 1.165) is 8.04 Å². The van der Waals surface area contributed by atoms with Gasteiger partial charge >= 0.3 is 0 Å². The highest BCUT2D eigenvalue weighted by Gasteiger charge is 2.19. The number of aromatic nitrogens is 2. The number of anilines is 2. The summed E-state index contributed by atoms with van der Waals surface area (Å²) in [5.74, 6) is 0.701. The Balaban J connectivity index is 2.81. The third-order valence-corrected chi connectivity index (χ3v) is 3.88. The Morgan fingerprint density at radius 3 is 2.71 bits per heavy atom. The van der Waals surface area contributed by atoms with Gasteiger partial charge in [0.2, 0.25) is 5.95 Å². The van der Waals surface area contributed by atoms with Crippen molar-refractivity contribution >= 4 is 50.3 Å². The van der Waals surface area contributed by atoms with E-state index in [9.17, 15) is 5.26 Å². The van der Waals surface area contributed by atoms with E-state index in [0.29, 0.717) is 23.6 Å². The lowest BCUT2D eigenvalue weighted by Gasteiger charge is -2.14. The van der Waals surface area contributed by atoms with Gasteiger partial charge in [-0.05, 0) is 41.6 Å². The van der Waals surface area contributed by atoms with E-state index >= 15 is 0 Å². The highest BCUT2D eigenvalue weighted by atomic mass is 127. The van der Waals surface area contributed by atoms with Crippen LogP contribution in [-0.2, 0) is 0 Å². The number of hydrogen-bond acceptors (Lipinski definition) is 6. The van der Waals surface area contributed by atoms with E-state index in [-0.39, 0.29) is 17.3 Å². The maximum atomic E-state index is 9.31. The Morgan fingerprint density at radius 1 is 1.38 bits per heavy atom. The van der Waals surface area contributed by atoms with E-state index in [1.54, 1.807) is 0 Å². The number of benzene rings is 1. The van der Waals surface area contributed by atoms with Crippen molar-refractivity contribution in [1.29, 1.82) is 5.26 Å². The predicted molar refractivity (Wildman–Crippen MR) is 92.6 cm³/mol. The van der Waals surface area contributed by atoms with Gasteiger partial charge in [-0.25, -0.2) is 4.98 Å². The topological polar surface area (TPSA) is 111 Å². The summed E-state index contributed by atoms with van der Waals surface area (Å²) in [7, 11) is 0. The van der Waals surface area contributed by atoms with Gasteiger partial charge in [-0.3, -0.25) is 0 Å². The van der Waals surface area contributed by atoms with Gasteiger partial charge in [0, 0.05) is 10.0 Å². The Labute approximate surface area is 143 Å². The number of halogens is 2. The lowest BCUT2D eigenvalue weighted by atomic mass is 10.1. The number of nitrogen functional groups attached to an aromatic ring is 2. The zero-order valence-electron chi connectivity index (χ0n) is 11.0. The van der Waals surface area contributed by atoms with Gasteiger partial charge < -0.3 is 16.2 Å². The molecule has 0 bridgehead atoms. The molecular formula is C13H11BrIN5O. The molecule has 0 aliphatic carbocycles. The minimum atomic E-state index is 0.0129. The average molecular weight is 460 g/mol. The molecule has 0 aliphatic heterocycles. The SMILES string of the molecule is CCOc1c(I)cc(Br)cc1-c1nc(N)nc(N)c1C#N. The maximum absolute atomic E-state index is 9.31. The van der Waals surface area contributed by atoms with Crippen LogP contribution < -0.4 is 16.2 Å². The van der Waals surface area contributed by atoms with Crippen LogP contribution in [0.15, 0.2) is 16.6 Å². The van der Waals surface area contributed by atoms with E-state index in [1.165, 1.54) is 0 Å². The lowest BCUT2D eigenvalue weighted by Crippen LogP contribution is -2.06. The molecule has 4 N–H and O–H groups in total. The van der Waals surface area contributed by atoms with Crippen molar-refractivity contribution in [2.75, 3.05) is 18.1 Å². The molecule has 0 aliphatic rings. The minimum absolute atomic E-state index is 0.0129. The molecule has 0 amide bonds. The summed E-state index contributed by atoms with van der Waals surface area (Å²) in [6, 6.07) is 5.75. The van der Waals surface area contributed by atoms with Crippen LogP contribution in [0.4, 0.5) is 11.8 Å². The normalized spacial score (nSPS) is 10.2. The van der Waals surface area contributed by atoms with E-state index < -0.39 is 0 Å².